The van der Waals surface area contributed by atoms with Gasteiger partial charge < -0.3 is 5.32 Å². The van der Waals surface area contributed by atoms with Crippen molar-refractivity contribution in [1.29, 1.82) is 0 Å². The van der Waals surface area contributed by atoms with Crippen LogP contribution < -0.4 is 10.0 Å². The second-order valence-corrected chi connectivity index (χ2v) is 7.53. The Morgan fingerprint density at radius 2 is 1.95 bits per heavy atom. The molecule has 6 nitrogen and oxygen atoms in total. The van der Waals surface area contributed by atoms with Crippen molar-refractivity contribution in [2.75, 3.05) is 6.54 Å². The molecular weight excluding hydrogens is 290 g/mol. The molecular formula is C14H19N3O3S. The van der Waals surface area contributed by atoms with E-state index in [0.717, 1.165) is 0 Å². The Kier molecular flexibility index (Phi) is 4.04. The van der Waals surface area contributed by atoms with Crippen molar-refractivity contribution in [3.8, 4) is 0 Å². The molecule has 2 N–H and O–H groups in total. The second-order valence-electron chi connectivity index (χ2n) is 5.88. The Morgan fingerprint density at radius 1 is 1.29 bits per heavy atom. The summed E-state index contributed by atoms with van der Waals surface area (Å²) < 4.78 is 26.2. The maximum Gasteiger partial charge on any atom is 0.263 e. The average Bonchev–Trinajstić information content (AvgIpc) is 2.60. The van der Waals surface area contributed by atoms with Crippen LogP contribution in [0.1, 0.15) is 32.8 Å². The SMILES string of the molecule is CC(C)(C)NC(=O)CCN=C1NS(=O)(=O)c2ccccc21. The van der Waals surface area contributed by atoms with Gasteiger partial charge in [-0.3, -0.25) is 14.5 Å². The zero-order chi connectivity index (χ0) is 15.7. The second kappa shape index (κ2) is 5.48. The predicted molar refractivity (Wildman–Crippen MR) is 80.7 cm³/mol. The topological polar surface area (TPSA) is 87.6 Å². The highest BCUT2D eigenvalue weighted by Gasteiger charge is 2.29. The van der Waals surface area contributed by atoms with Crippen LogP contribution in [0.3, 0.4) is 0 Å². The monoisotopic (exact) mass is 309 g/mol. The third kappa shape index (κ3) is 3.81. The van der Waals surface area contributed by atoms with Gasteiger partial charge in [0.15, 0.2) is 0 Å². The largest absolute Gasteiger partial charge is 0.351 e. The highest BCUT2D eigenvalue weighted by molar-refractivity contribution is 7.90. The standard InChI is InChI=1S/C14H19N3O3S/c1-14(2,3)16-12(18)8-9-15-13-10-6-4-5-7-11(10)21(19,20)17-13/h4-7H,8-9H2,1-3H3,(H,15,17)(H,16,18). The minimum absolute atomic E-state index is 0.110. The summed E-state index contributed by atoms with van der Waals surface area (Å²) in [6.45, 7) is 5.93. The van der Waals surface area contributed by atoms with Crippen LogP contribution in [-0.4, -0.2) is 32.2 Å². The van der Waals surface area contributed by atoms with E-state index >= 15 is 0 Å². The van der Waals surface area contributed by atoms with Crippen LogP contribution in [0, 0.1) is 0 Å². The normalized spacial score (nSPS) is 18.1. The Morgan fingerprint density at radius 3 is 2.62 bits per heavy atom. The zero-order valence-corrected chi connectivity index (χ0v) is 13.1. The van der Waals surface area contributed by atoms with Gasteiger partial charge in [0.25, 0.3) is 10.0 Å². The summed E-state index contributed by atoms with van der Waals surface area (Å²) in [6.07, 6.45) is 0.213. The summed E-state index contributed by atoms with van der Waals surface area (Å²) in [5.74, 6) is 0.190. The number of benzene rings is 1. The number of amidine groups is 1. The molecule has 0 aliphatic carbocycles. The number of fused-ring (bicyclic) bond motifs is 1. The van der Waals surface area contributed by atoms with Gasteiger partial charge in [0.2, 0.25) is 5.91 Å². The number of aliphatic imine (C=N–C) groups is 1. The van der Waals surface area contributed by atoms with Crippen molar-refractivity contribution in [3.05, 3.63) is 29.8 Å². The van der Waals surface area contributed by atoms with Gasteiger partial charge in [-0.05, 0) is 32.9 Å². The van der Waals surface area contributed by atoms with Gasteiger partial charge in [0.05, 0.1) is 11.4 Å². The molecule has 114 valence electrons. The molecule has 0 atom stereocenters. The van der Waals surface area contributed by atoms with E-state index in [1.807, 2.05) is 20.8 Å². The van der Waals surface area contributed by atoms with E-state index in [-0.39, 0.29) is 29.3 Å². The van der Waals surface area contributed by atoms with E-state index in [1.54, 1.807) is 18.2 Å². The molecule has 1 aliphatic rings. The van der Waals surface area contributed by atoms with Crippen molar-refractivity contribution in [2.24, 2.45) is 4.99 Å². The molecule has 0 bridgehead atoms. The first-order valence-corrected chi connectivity index (χ1v) is 8.15. The Labute approximate surface area is 124 Å². The van der Waals surface area contributed by atoms with Crippen molar-refractivity contribution < 1.29 is 13.2 Å². The average molecular weight is 309 g/mol. The molecule has 1 aromatic rings. The minimum Gasteiger partial charge on any atom is -0.351 e. The van der Waals surface area contributed by atoms with Crippen LogP contribution in [0.15, 0.2) is 34.2 Å². The molecule has 21 heavy (non-hydrogen) atoms. The molecule has 0 unspecified atom stereocenters. The Balaban J connectivity index is 2.06. The van der Waals surface area contributed by atoms with Gasteiger partial charge in [-0.1, -0.05) is 12.1 Å². The number of hydrogen-bond acceptors (Lipinski definition) is 4. The van der Waals surface area contributed by atoms with E-state index in [4.69, 9.17) is 0 Å². The Bertz CT molecular complexity index is 688. The van der Waals surface area contributed by atoms with Crippen molar-refractivity contribution in [1.82, 2.24) is 10.0 Å². The van der Waals surface area contributed by atoms with Crippen molar-refractivity contribution in [3.63, 3.8) is 0 Å². The van der Waals surface area contributed by atoms with Crippen LogP contribution in [-0.2, 0) is 14.8 Å². The van der Waals surface area contributed by atoms with Gasteiger partial charge in [0, 0.05) is 17.5 Å². The molecule has 0 fully saturated rings. The first-order chi connectivity index (χ1) is 9.69. The van der Waals surface area contributed by atoms with E-state index in [1.165, 1.54) is 6.07 Å². The molecule has 0 radical (unpaired) electrons. The fraction of sp³-hybridized carbons (Fsp3) is 0.429. The minimum atomic E-state index is -3.52. The Hall–Kier alpha value is -1.89. The molecule has 1 heterocycles. The quantitative estimate of drug-likeness (QED) is 0.874. The molecule has 7 heteroatoms. The summed E-state index contributed by atoms with van der Waals surface area (Å²) in [6, 6.07) is 6.65. The molecule has 1 aliphatic heterocycles. The fourth-order valence-electron chi connectivity index (χ4n) is 2.00. The smallest absolute Gasteiger partial charge is 0.263 e. The first-order valence-electron chi connectivity index (χ1n) is 6.67. The third-order valence-electron chi connectivity index (χ3n) is 2.79. The number of hydrogen-bond donors (Lipinski definition) is 2. The lowest BCUT2D eigenvalue weighted by Crippen LogP contribution is -2.40. The van der Waals surface area contributed by atoms with E-state index < -0.39 is 10.0 Å². The van der Waals surface area contributed by atoms with Gasteiger partial charge >= 0.3 is 0 Å². The lowest BCUT2D eigenvalue weighted by Gasteiger charge is -2.20. The number of nitrogens with zero attached hydrogens (tertiary/aromatic N) is 1. The van der Waals surface area contributed by atoms with Crippen LogP contribution in [0.4, 0.5) is 0 Å². The van der Waals surface area contributed by atoms with Gasteiger partial charge in [-0.15, -0.1) is 0 Å². The molecule has 0 spiro atoms. The van der Waals surface area contributed by atoms with E-state index in [9.17, 15) is 13.2 Å². The summed E-state index contributed by atoms with van der Waals surface area (Å²) >= 11 is 0. The van der Waals surface area contributed by atoms with Crippen LogP contribution in [0.5, 0.6) is 0 Å². The summed E-state index contributed by atoms with van der Waals surface area (Å²) in [7, 11) is -3.52. The third-order valence-corrected chi connectivity index (χ3v) is 4.18. The van der Waals surface area contributed by atoms with Crippen molar-refractivity contribution in [2.45, 2.75) is 37.6 Å². The maximum atomic E-state index is 11.9. The van der Waals surface area contributed by atoms with Gasteiger partial charge in [0.1, 0.15) is 5.84 Å². The lowest BCUT2D eigenvalue weighted by atomic mass is 10.1. The van der Waals surface area contributed by atoms with Gasteiger partial charge in [-0.2, -0.15) is 0 Å². The number of carbonyl (C=O) groups is 1. The first kappa shape index (κ1) is 15.5. The highest BCUT2D eigenvalue weighted by Crippen LogP contribution is 2.22. The van der Waals surface area contributed by atoms with Gasteiger partial charge in [-0.25, -0.2) is 8.42 Å². The highest BCUT2D eigenvalue weighted by atomic mass is 32.2. The number of nitrogens with one attached hydrogen (secondary N) is 2. The van der Waals surface area contributed by atoms with E-state index in [0.29, 0.717) is 11.4 Å². The molecule has 0 saturated carbocycles. The summed E-state index contributed by atoms with van der Waals surface area (Å²) in [5.41, 5.74) is 0.264. The molecule has 0 saturated heterocycles. The molecule has 2 rings (SSSR count). The number of sulfonamides is 1. The van der Waals surface area contributed by atoms with Crippen molar-refractivity contribution >= 4 is 21.8 Å². The maximum absolute atomic E-state index is 11.9. The van der Waals surface area contributed by atoms with Crippen LogP contribution in [0.2, 0.25) is 0 Å². The number of rotatable bonds is 3. The summed E-state index contributed by atoms with van der Waals surface area (Å²) in [5, 5.41) is 2.83. The predicted octanol–water partition coefficient (Wildman–Crippen LogP) is 1.03. The molecule has 0 aromatic heterocycles. The number of carbonyl (C=O) groups excluding carboxylic acids is 1. The van der Waals surface area contributed by atoms with Crippen LogP contribution >= 0.6 is 0 Å². The fourth-order valence-corrected chi connectivity index (χ4v) is 3.25. The summed E-state index contributed by atoms with van der Waals surface area (Å²) in [4.78, 5) is 16.1. The van der Waals surface area contributed by atoms with Crippen LogP contribution in [0.25, 0.3) is 0 Å². The molecule has 1 amide bonds. The number of amides is 1. The zero-order valence-electron chi connectivity index (χ0n) is 12.3. The van der Waals surface area contributed by atoms with E-state index in [2.05, 4.69) is 15.0 Å². The lowest BCUT2D eigenvalue weighted by molar-refractivity contribution is -0.122. The molecule has 1 aromatic carbocycles.